The number of halogens is 1. The zero-order valence-electron chi connectivity index (χ0n) is 10.9. The second kappa shape index (κ2) is 6.28. The van der Waals surface area contributed by atoms with E-state index >= 15 is 0 Å². The van der Waals surface area contributed by atoms with Crippen molar-refractivity contribution in [3.8, 4) is 0 Å². The number of carbonyl (C=O) groups excluding carboxylic acids is 1. The topological polar surface area (TPSA) is 23.6 Å². The van der Waals surface area contributed by atoms with E-state index in [0.29, 0.717) is 12.5 Å². The summed E-state index contributed by atoms with van der Waals surface area (Å²) in [6.45, 7) is 3.88. The molecule has 18 heavy (non-hydrogen) atoms. The van der Waals surface area contributed by atoms with Gasteiger partial charge in [-0.2, -0.15) is 0 Å². The van der Waals surface area contributed by atoms with Gasteiger partial charge in [-0.3, -0.25) is 9.69 Å². The van der Waals surface area contributed by atoms with Gasteiger partial charge in [0.25, 0.3) is 0 Å². The highest BCUT2D eigenvalue weighted by Gasteiger charge is 2.21. The second-order valence-electron chi connectivity index (χ2n) is 5.14. The average molecular weight is 331 g/mol. The Bertz CT molecular complexity index is 421. The van der Waals surface area contributed by atoms with E-state index in [2.05, 4.69) is 32.8 Å². The van der Waals surface area contributed by atoms with E-state index in [-0.39, 0.29) is 5.78 Å². The first-order chi connectivity index (χ1) is 8.54. The maximum Gasteiger partial charge on any atom is 0.186 e. The fraction of sp³-hybridized carbons (Fsp3) is 0.615. The lowest BCUT2D eigenvalue weighted by Gasteiger charge is -2.19. The quantitative estimate of drug-likeness (QED) is 0.775. The van der Waals surface area contributed by atoms with Crippen LogP contribution in [0.1, 0.15) is 16.1 Å². The van der Waals surface area contributed by atoms with Crippen LogP contribution in [0, 0.1) is 5.92 Å². The molecule has 1 atom stereocenters. The van der Waals surface area contributed by atoms with Crippen LogP contribution in [-0.2, 0) is 0 Å². The lowest BCUT2D eigenvalue weighted by molar-refractivity contribution is 0.0942. The molecule has 0 aliphatic carbocycles. The maximum absolute atomic E-state index is 12.0. The zero-order valence-corrected chi connectivity index (χ0v) is 13.3. The van der Waals surface area contributed by atoms with Crippen molar-refractivity contribution in [3.63, 3.8) is 0 Å². The van der Waals surface area contributed by atoms with Crippen molar-refractivity contribution >= 4 is 33.0 Å². The lowest BCUT2D eigenvalue weighted by Crippen LogP contribution is -2.31. The van der Waals surface area contributed by atoms with E-state index in [4.69, 9.17) is 0 Å². The molecule has 1 unspecified atom stereocenters. The Morgan fingerprint density at radius 2 is 2.39 bits per heavy atom. The molecule has 0 bridgehead atoms. The van der Waals surface area contributed by atoms with Crippen LogP contribution in [-0.4, -0.2) is 55.9 Å². The van der Waals surface area contributed by atoms with Gasteiger partial charge in [-0.25, -0.2) is 0 Å². The molecule has 2 rings (SSSR count). The molecule has 0 aromatic carbocycles. The molecule has 0 N–H and O–H groups in total. The largest absolute Gasteiger partial charge is 0.306 e. The molecule has 0 saturated carbocycles. The number of carbonyl (C=O) groups is 1. The molecule has 0 spiro atoms. The Kier molecular flexibility index (Phi) is 4.95. The van der Waals surface area contributed by atoms with E-state index < -0.39 is 0 Å². The van der Waals surface area contributed by atoms with Crippen molar-refractivity contribution in [2.24, 2.45) is 5.92 Å². The van der Waals surface area contributed by atoms with Gasteiger partial charge in [0.15, 0.2) is 5.78 Å². The van der Waals surface area contributed by atoms with Gasteiger partial charge in [0.05, 0.1) is 15.2 Å². The van der Waals surface area contributed by atoms with Gasteiger partial charge < -0.3 is 4.90 Å². The number of likely N-dealkylation sites (N-methyl/N-ethyl adjacent to an activating group) is 1. The Hall–Kier alpha value is -0.230. The van der Waals surface area contributed by atoms with Gasteiger partial charge in [0, 0.05) is 13.1 Å². The summed E-state index contributed by atoms with van der Waals surface area (Å²) in [4.78, 5) is 17.4. The molecule has 100 valence electrons. The van der Waals surface area contributed by atoms with Gasteiger partial charge in [-0.05, 0) is 61.0 Å². The Morgan fingerprint density at radius 3 is 2.94 bits per heavy atom. The first-order valence-electron chi connectivity index (χ1n) is 6.20. The summed E-state index contributed by atoms with van der Waals surface area (Å²) in [7, 11) is 4.20. The molecule has 1 aliphatic rings. The van der Waals surface area contributed by atoms with Crippen LogP contribution in [0.3, 0.4) is 0 Å². The molecule has 0 amide bonds. The minimum atomic E-state index is 0.222. The Morgan fingerprint density at radius 1 is 1.61 bits per heavy atom. The van der Waals surface area contributed by atoms with Crippen molar-refractivity contribution < 1.29 is 4.79 Å². The van der Waals surface area contributed by atoms with Gasteiger partial charge in [0.2, 0.25) is 0 Å². The van der Waals surface area contributed by atoms with E-state index in [1.165, 1.54) is 24.3 Å². The lowest BCUT2D eigenvalue weighted by atomic mass is 10.1. The van der Waals surface area contributed by atoms with Gasteiger partial charge in [-0.15, -0.1) is 11.3 Å². The van der Waals surface area contributed by atoms with Crippen LogP contribution in [0.25, 0.3) is 0 Å². The predicted octanol–water partition coefficient (Wildman–Crippen LogP) is 2.58. The molecule has 2 heterocycles. The van der Waals surface area contributed by atoms with Crippen molar-refractivity contribution in [2.45, 2.75) is 6.42 Å². The molecule has 0 radical (unpaired) electrons. The summed E-state index contributed by atoms with van der Waals surface area (Å²) in [6.07, 6.45) is 1.25. The number of likely N-dealkylation sites (tertiary alicyclic amines) is 1. The minimum Gasteiger partial charge on any atom is -0.306 e. The first-order valence-corrected chi connectivity index (χ1v) is 7.81. The van der Waals surface area contributed by atoms with E-state index in [9.17, 15) is 4.79 Å². The highest BCUT2D eigenvalue weighted by Crippen LogP contribution is 2.22. The van der Waals surface area contributed by atoms with Crippen LogP contribution in [0.5, 0.6) is 0 Å². The van der Waals surface area contributed by atoms with E-state index in [1.807, 2.05) is 19.2 Å². The standard InChI is InChI=1S/C13H19BrN2OS/c1-15-6-5-10(7-15)8-16(2)9-11(17)12-3-4-13(14)18-12/h3-4,10H,5-9H2,1-2H3. The van der Waals surface area contributed by atoms with Crippen LogP contribution in [0.4, 0.5) is 0 Å². The molecular formula is C13H19BrN2OS. The number of hydrogen-bond acceptors (Lipinski definition) is 4. The van der Waals surface area contributed by atoms with Crippen molar-refractivity contribution in [2.75, 3.05) is 40.3 Å². The zero-order chi connectivity index (χ0) is 13.1. The third-order valence-electron chi connectivity index (χ3n) is 3.32. The van der Waals surface area contributed by atoms with Crippen LogP contribution < -0.4 is 0 Å². The van der Waals surface area contributed by atoms with E-state index in [0.717, 1.165) is 21.8 Å². The van der Waals surface area contributed by atoms with Crippen molar-refractivity contribution in [1.29, 1.82) is 0 Å². The fourth-order valence-corrected chi connectivity index (χ4v) is 3.78. The summed E-state index contributed by atoms with van der Waals surface area (Å²) in [6, 6.07) is 3.83. The molecule has 1 aliphatic heterocycles. The molecule has 1 fully saturated rings. The number of ketones is 1. The van der Waals surface area contributed by atoms with Gasteiger partial charge in [0.1, 0.15) is 0 Å². The van der Waals surface area contributed by atoms with Crippen molar-refractivity contribution in [3.05, 3.63) is 20.8 Å². The summed E-state index contributed by atoms with van der Waals surface area (Å²) in [5, 5.41) is 0. The smallest absolute Gasteiger partial charge is 0.186 e. The monoisotopic (exact) mass is 330 g/mol. The maximum atomic E-state index is 12.0. The highest BCUT2D eigenvalue weighted by molar-refractivity contribution is 9.11. The normalized spacial score (nSPS) is 20.8. The van der Waals surface area contributed by atoms with Crippen molar-refractivity contribution in [1.82, 2.24) is 9.80 Å². The number of rotatable bonds is 5. The summed E-state index contributed by atoms with van der Waals surface area (Å²) in [5.74, 6) is 0.933. The molecule has 1 aromatic rings. The summed E-state index contributed by atoms with van der Waals surface area (Å²) >= 11 is 4.90. The number of thiophene rings is 1. The average Bonchev–Trinajstić information content (AvgIpc) is 2.87. The Labute approximate surface area is 121 Å². The third kappa shape index (κ3) is 3.88. The Balaban J connectivity index is 1.80. The second-order valence-corrected chi connectivity index (χ2v) is 7.60. The van der Waals surface area contributed by atoms with Crippen LogP contribution in [0.2, 0.25) is 0 Å². The number of Topliss-reactive ketones (excluding diaryl/α,β-unsaturated/α-hetero) is 1. The minimum absolute atomic E-state index is 0.222. The highest BCUT2D eigenvalue weighted by atomic mass is 79.9. The van der Waals surface area contributed by atoms with Gasteiger partial charge in [-0.1, -0.05) is 0 Å². The van der Waals surface area contributed by atoms with Crippen LogP contribution >= 0.6 is 27.3 Å². The molecule has 3 nitrogen and oxygen atoms in total. The third-order valence-corrected chi connectivity index (χ3v) is 4.99. The summed E-state index contributed by atoms with van der Waals surface area (Å²) in [5.41, 5.74) is 0. The van der Waals surface area contributed by atoms with E-state index in [1.54, 1.807) is 0 Å². The molecule has 5 heteroatoms. The van der Waals surface area contributed by atoms with Gasteiger partial charge >= 0.3 is 0 Å². The summed E-state index contributed by atoms with van der Waals surface area (Å²) < 4.78 is 1.02. The van der Waals surface area contributed by atoms with Crippen LogP contribution in [0.15, 0.2) is 15.9 Å². The SMILES string of the molecule is CN1CCC(CN(C)CC(=O)c2ccc(Br)s2)C1. The molecular weight excluding hydrogens is 312 g/mol. The molecule has 1 aromatic heterocycles. The predicted molar refractivity (Wildman–Crippen MR) is 79.5 cm³/mol. The first kappa shape index (κ1) is 14.2. The fourth-order valence-electron chi connectivity index (χ4n) is 2.47. The molecule has 1 saturated heterocycles. The number of hydrogen-bond donors (Lipinski definition) is 0. The number of nitrogens with zero attached hydrogens (tertiary/aromatic N) is 2.